The summed E-state index contributed by atoms with van der Waals surface area (Å²) in [6.07, 6.45) is 6.24. The summed E-state index contributed by atoms with van der Waals surface area (Å²) >= 11 is 0. The number of amides is 1. The number of fused-ring (bicyclic) bond motifs is 3. The third-order valence-electron chi connectivity index (χ3n) is 7.70. The van der Waals surface area contributed by atoms with Crippen LogP contribution >= 0.6 is 7.14 Å². The van der Waals surface area contributed by atoms with Crippen LogP contribution in [-0.2, 0) is 16.4 Å². The standard InChI is InChI=1S/C29H33FN5O3P/c1-17-16-20(30)7-9-22(17)33-29-34-24-10-8-21-18(2)23(32-28(37)25(21)26(24)35(29)3)6-5-13-31-27(36)19-11-14-39(4,38)15-12-19/h5-10,16,19H,11-15H2,1-4H3,(H,31,36)(H,32,37)(H,33,34). The Balaban J connectivity index is 1.38. The minimum atomic E-state index is -2.05. The maximum Gasteiger partial charge on any atom is 0.258 e. The van der Waals surface area contributed by atoms with E-state index in [0.29, 0.717) is 59.8 Å². The molecule has 0 aliphatic carbocycles. The molecule has 2 aromatic carbocycles. The van der Waals surface area contributed by atoms with Crippen molar-refractivity contribution in [2.45, 2.75) is 26.7 Å². The van der Waals surface area contributed by atoms with Crippen molar-refractivity contribution in [3.8, 4) is 0 Å². The zero-order chi connectivity index (χ0) is 27.9. The van der Waals surface area contributed by atoms with Gasteiger partial charge in [-0.25, -0.2) is 9.37 Å². The van der Waals surface area contributed by atoms with Crippen molar-refractivity contribution in [1.29, 1.82) is 0 Å². The molecule has 0 spiro atoms. The van der Waals surface area contributed by atoms with Crippen molar-refractivity contribution in [2.24, 2.45) is 13.0 Å². The number of nitrogens with zero attached hydrogens (tertiary/aromatic N) is 2. The van der Waals surface area contributed by atoms with Gasteiger partial charge in [-0.15, -0.1) is 0 Å². The van der Waals surface area contributed by atoms with Gasteiger partial charge < -0.3 is 24.7 Å². The molecule has 8 nitrogen and oxygen atoms in total. The molecule has 0 saturated carbocycles. The minimum absolute atomic E-state index is 0.0121. The van der Waals surface area contributed by atoms with Gasteiger partial charge in [0, 0.05) is 43.2 Å². The number of hydrogen-bond acceptors (Lipinski definition) is 5. The van der Waals surface area contributed by atoms with Gasteiger partial charge in [0.15, 0.2) is 0 Å². The van der Waals surface area contributed by atoms with Gasteiger partial charge in [-0.1, -0.05) is 12.1 Å². The van der Waals surface area contributed by atoms with Gasteiger partial charge in [-0.2, -0.15) is 0 Å². The fourth-order valence-corrected chi connectivity index (χ4v) is 7.23. The van der Waals surface area contributed by atoms with Crippen LogP contribution in [-0.4, -0.2) is 46.0 Å². The summed E-state index contributed by atoms with van der Waals surface area (Å²) in [5.74, 6) is 0.141. The maximum absolute atomic E-state index is 13.5. The van der Waals surface area contributed by atoms with Gasteiger partial charge in [0.2, 0.25) is 11.9 Å². The van der Waals surface area contributed by atoms with Crippen molar-refractivity contribution in [3.05, 3.63) is 69.4 Å². The Morgan fingerprint density at radius 3 is 2.69 bits per heavy atom. The Morgan fingerprint density at radius 2 is 1.97 bits per heavy atom. The van der Waals surface area contributed by atoms with Crippen molar-refractivity contribution in [2.75, 3.05) is 30.9 Å². The van der Waals surface area contributed by atoms with Gasteiger partial charge in [-0.3, -0.25) is 9.59 Å². The molecule has 0 unspecified atom stereocenters. The van der Waals surface area contributed by atoms with E-state index in [0.717, 1.165) is 22.2 Å². The van der Waals surface area contributed by atoms with E-state index in [1.165, 1.54) is 12.1 Å². The van der Waals surface area contributed by atoms with E-state index in [4.69, 9.17) is 0 Å². The lowest BCUT2D eigenvalue weighted by Gasteiger charge is -2.25. The van der Waals surface area contributed by atoms with E-state index in [2.05, 4.69) is 20.6 Å². The lowest BCUT2D eigenvalue weighted by molar-refractivity contribution is -0.125. The second-order valence-electron chi connectivity index (χ2n) is 10.6. The minimum Gasteiger partial charge on any atom is -0.352 e. The van der Waals surface area contributed by atoms with E-state index in [1.54, 1.807) is 6.07 Å². The Kier molecular flexibility index (Phi) is 7.21. The highest BCUT2D eigenvalue weighted by Crippen LogP contribution is 2.47. The van der Waals surface area contributed by atoms with E-state index in [1.807, 2.05) is 56.4 Å². The number of benzene rings is 2. The van der Waals surface area contributed by atoms with Crippen LogP contribution < -0.4 is 16.2 Å². The van der Waals surface area contributed by atoms with Gasteiger partial charge in [0.05, 0.1) is 23.6 Å². The summed E-state index contributed by atoms with van der Waals surface area (Å²) in [5, 5.41) is 7.54. The lowest BCUT2D eigenvalue weighted by atomic mass is 10.0. The number of aryl methyl sites for hydroxylation is 3. The largest absolute Gasteiger partial charge is 0.352 e. The molecule has 2 aromatic heterocycles. The molecule has 0 atom stereocenters. The zero-order valence-electron chi connectivity index (χ0n) is 22.6. The monoisotopic (exact) mass is 549 g/mol. The molecule has 0 radical (unpaired) electrons. The van der Waals surface area contributed by atoms with E-state index in [9.17, 15) is 18.5 Å². The molecular weight excluding hydrogens is 516 g/mol. The third-order valence-corrected chi connectivity index (χ3v) is 10.1. The van der Waals surface area contributed by atoms with E-state index >= 15 is 0 Å². The van der Waals surface area contributed by atoms with Crippen LogP contribution in [0.1, 0.15) is 29.7 Å². The average molecular weight is 550 g/mol. The Labute approximate surface area is 226 Å². The number of rotatable bonds is 6. The number of halogens is 1. The van der Waals surface area contributed by atoms with Gasteiger partial charge in [0.25, 0.3) is 5.56 Å². The summed E-state index contributed by atoms with van der Waals surface area (Å²) in [7, 11) is -0.212. The van der Waals surface area contributed by atoms with Crippen LogP contribution in [0.25, 0.3) is 27.9 Å². The Hall–Kier alpha value is -3.71. The first kappa shape index (κ1) is 26.9. The molecule has 204 valence electrons. The smallest absolute Gasteiger partial charge is 0.258 e. The molecule has 1 fully saturated rings. The van der Waals surface area contributed by atoms with Crippen LogP contribution in [0.3, 0.4) is 0 Å². The van der Waals surface area contributed by atoms with Crippen molar-refractivity contribution in [3.63, 3.8) is 0 Å². The number of carbonyl (C=O) groups is 1. The first-order chi connectivity index (χ1) is 18.5. The van der Waals surface area contributed by atoms with E-state index < -0.39 is 7.14 Å². The molecule has 5 rings (SSSR count). The number of pyridine rings is 1. The molecule has 10 heteroatoms. The molecule has 1 saturated heterocycles. The molecule has 4 aromatic rings. The molecule has 1 aliphatic rings. The fourth-order valence-electron chi connectivity index (χ4n) is 5.29. The number of carbonyl (C=O) groups excluding carboxylic acids is 1. The molecule has 0 bridgehead atoms. The molecular formula is C29H33FN5O3P. The number of imidazole rings is 1. The quantitative estimate of drug-likeness (QED) is 0.277. The van der Waals surface area contributed by atoms with Crippen LogP contribution in [0.4, 0.5) is 16.0 Å². The molecule has 39 heavy (non-hydrogen) atoms. The van der Waals surface area contributed by atoms with Crippen molar-refractivity contribution in [1.82, 2.24) is 19.9 Å². The van der Waals surface area contributed by atoms with Crippen LogP contribution in [0.15, 0.2) is 41.2 Å². The molecule has 3 heterocycles. The number of hydrogen-bond donors (Lipinski definition) is 3. The number of nitrogens with one attached hydrogen (secondary N) is 3. The van der Waals surface area contributed by atoms with Crippen LogP contribution in [0.2, 0.25) is 0 Å². The summed E-state index contributed by atoms with van der Waals surface area (Å²) in [5.41, 5.74) is 4.20. The first-order valence-electron chi connectivity index (χ1n) is 13.1. The summed E-state index contributed by atoms with van der Waals surface area (Å²) in [6, 6.07) is 8.30. The zero-order valence-corrected chi connectivity index (χ0v) is 23.5. The highest BCUT2D eigenvalue weighted by Gasteiger charge is 2.29. The third kappa shape index (κ3) is 5.41. The predicted molar refractivity (Wildman–Crippen MR) is 156 cm³/mol. The number of anilines is 2. The highest BCUT2D eigenvalue weighted by molar-refractivity contribution is 7.63. The number of aromatic nitrogens is 3. The first-order valence-corrected chi connectivity index (χ1v) is 15.6. The SMILES string of the molecule is Cc1cc(F)ccc1Nc1nc2ccc3c(C)c(C=CCNC(=O)C4CCP(C)(=O)CC4)[nH]c(=O)c3c2n1C. The predicted octanol–water partition coefficient (Wildman–Crippen LogP) is 5.45. The van der Waals surface area contributed by atoms with Gasteiger partial charge in [0.1, 0.15) is 5.82 Å². The summed E-state index contributed by atoms with van der Waals surface area (Å²) in [6.45, 7) is 5.93. The normalized spacial score (nSPS) is 19.7. The highest BCUT2D eigenvalue weighted by atomic mass is 31.2. The number of aromatic amines is 1. The van der Waals surface area contributed by atoms with E-state index in [-0.39, 0.29) is 23.2 Å². The van der Waals surface area contributed by atoms with Crippen LogP contribution in [0.5, 0.6) is 0 Å². The second-order valence-corrected chi connectivity index (χ2v) is 14.1. The van der Waals surface area contributed by atoms with Crippen LogP contribution in [0, 0.1) is 25.6 Å². The fraction of sp³-hybridized carbons (Fsp3) is 0.345. The molecule has 1 aliphatic heterocycles. The van der Waals surface area contributed by atoms with Crippen molar-refractivity contribution < 1.29 is 13.8 Å². The second kappa shape index (κ2) is 10.5. The van der Waals surface area contributed by atoms with Gasteiger partial charge >= 0.3 is 0 Å². The Morgan fingerprint density at radius 1 is 1.23 bits per heavy atom. The Bertz CT molecular complexity index is 1730. The van der Waals surface area contributed by atoms with Gasteiger partial charge in [-0.05, 0) is 80.2 Å². The number of H-pyrrole nitrogens is 1. The topological polar surface area (TPSA) is 109 Å². The molecule has 3 N–H and O–H groups in total. The summed E-state index contributed by atoms with van der Waals surface area (Å²) in [4.78, 5) is 33.4. The molecule has 1 amide bonds. The summed E-state index contributed by atoms with van der Waals surface area (Å²) < 4.78 is 27.5. The maximum atomic E-state index is 13.5. The average Bonchev–Trinajstić information content (AvgIpc) is 3.20. The van der Waals surface area contributed by atoms with Crippen molar-refractivity contribution >= 4 is 52.6 Å². The lowest BCUT2D eigenvalue weighted by Crippen LogP contribution is -2.33.